The van der Waals surface area contributed by atoms with Gasteiger partial charge in [-0.3, -0.25) is 4.79 Å². The highest BCUT2D eigenvalue weighted by atomic mass is 19.1. The number of carbonyl (C=O) groups is 1. The third-order valence-corrected chi connectivity index (χ3v) is 2.31. The molecular weight excluding hydrogens is 145 g/mol. The van der Waals surface area contributed by atoms with Gasteiger partial charge in [-0.05, 0) is 12.3 Å². The maximum absolute atomic E-state index is 13.0. The van der Waals surface area contributed by atoms with Crippen molar-refractivity contribution in [3.8, 4) is 0 Å². The Morgan fingerprint density at radius 1 is 1.64 bits per heavy atom. The molecule has 0 radical (unpaired) electrons. The molecule has 1 heterocycles. The molecule has 0 unspecified atom stereocenters. The summed E-state index contributed by atoms with van der Waals surface area (Å²) >= 11 is 0. The van der Waals surface area contributed by atoms with Crippen LogP contribution in [0.25, 0.3) is 0 Å². The van der Waals surface area contributed by atoms with Crippen molar-refractivity contribution in [2.45, 2.75) is 26.4 Å². The molecule has 0 aromatic rings. The van der Waals surface area contributed by atoms with Crippen LogP contribution >= 0.6 is 0 Å². The number of likely N-dealkylation sites (tertiary alicyclic amines) is 1. The van der Waals surface area contributed by atoms with Crippen LogP contribution in [0.15, 0.2) is 0 Å². The summed E-state index contributed by atoms with van der Waals surface area (Å²) in [6.45, 7) is 4.39. The zero-order chi connectivity index (χ0) is 8.43. The molecular formula is C8H14FNO. The van der Waals surface area contributed by atoms with Crippen molar-refractivity contribution in [3.63, 3.8) is 0 Å². The molecule has 1 rings (SSSR count). The molecule has 0 saturated carbocycles. The molecule has 1 amide bonds. The first-order valence-electron chi connectivity index (χ1n) is 4.01. The maximum Gasteiger partial charge on any atom is 0.219 e. The molecule has 1 saturated heterocycles. The fraction of sp³-hybridized carbons (Fsp3) is 0.875. The lowest BCUT2D eigenvalue weighted by molar-refractivity contribution is -0.131. The van der Waals surface area contributed by atoms with E-state index in [1.54, 1.807) is 4.90 Å². The smallest absolute Gasteiger partial charge is 0.219 e. The molecule has 1 aliphatic heterocycles. The van der Waals surface area contributed by atoms with Crippen molar-refractivity contribution in [1.29, 1.82) is 0 Å². The standard InChI is InChI=1S/C8H14FNO/c1-6-3-4-10(7(2)11)5-8(6)9/h6,8H,3-5H2,1-2H3/t6-,8+/m1/s1. The van der Waals surface area contributed by atoms with E-state index in [0.29, 0.717) is 0 Å². The van der Waals surface area contributed by atoms with Crippen LogP contribution in [0, 0.1) is 5.92 Å². The second-order valence-electron chi connectivity index (χ2n) is 3.25. The molecule has 1 aliphatic rings. The minimum atomic E-state index is -0.826. The molecule has 0 spiro atoms. The van der Waals surface area contributed by atoms with Gasteiger partial charge in [0.05, 0.1) is 6.54 Å². The maximum atomic E-state index is 13.0. The number of hydrogen-bond acceptors (Lipinski definition) is 1. The lowest BCUT2D eigenvalue weighted by atomic mass is 9.97. The Labute approximate surface area is 66.4 Å². The van der Waals surface area contributed by atoms with E-state index in [1.165, 1.54) is 6.92 Å². The molecule has 0 aromatic carbocycles. The molecule has 3 heteroatoms. The van der Waals surface area contributed by atoms with Crippen molar-refractivity contribution < 1.29 is 9.18 Å². The summed E-state index contributed by atoms with van der Waals surface area (Å²) in [6.07, 6.45) is -0.0338. The second-order valence-corrected chi connectivity index (χ2v) is 3.25. The Kier molecular flexibility index (Phi) is 2.47. The summed E-state index contributed by atoms with van der Waals surface area (Å²) in [5.41, 5.74) is 0. The summed E-state index contributed by atoms with van der Waals surface area (Å²) in [5, 5.41) is 0. The number of rotatable bonds is 0. The van der Waals surface area contributed by atoms with Crippen LogP contribution in [0.2, 0.25) is 0 Å². The van der Waals surface area contributed by atoms with Gasteiger partial charge >= 0.3 is 0 Å². The van der Waals surface area contributed by atoms with Gasteiger partial charge in [0.1, 0.15) is 6.17 Å². The van der Waals surface area contributed by atoms with Gasteiger partial charge < -0.3 is 4.90 Å². The molecule has 0 N–H and O–H groups in total. The van der Waals surface area contributed by atoms with Gasteiger partial charge in [-0.1, -0.05) is 6.92 Å². The zero-order valence-electron chi connectivity index (χ0n) is 7.01. The van der Waals surface area contributed by atoms with E-state index in [4.69, 9.17) is 0 Å². The van der Waals surface area contributed by atoms with E-state index in [2.05, 4.69) is 0 Å². The summed E-state index contributed by atoms with van der Waals surface area (Å²) in [6, 6.07) is 0. The Morgan fingerprint density at radius 3 is 2.73 bits per heavy atom. The highest BCUT2D eigenvalue weighted by Gasteiger charge is 2.26. The average molecular weight is 159 g/mol. The van der Waals surface area contributed by atoms with Crippen molar-refractivity contribution in [1.82, 2.24) is 4.90 Å². The van der Waals surface area contributed by atoms with E-state index < -0.39 is 6.17 Å². The van der Waals surface area contributed by atoms with E-state index >= 15 is 0 Å². The van der Waals surface area contributed by atoms with Gasteiger partial charge in [-0.15, -0.1) is 0 Å². The van der Waals surface area contributed by atoms with Gasteiger partial charge in [0, 0.05) is 13.5 Å². The zero-order valence-corrected chi connectivity index (χ0v) is 7.01. The number of halogens is 1. The number of amides is 1. The number of carbonyl (C=O) groups excluding carboxylic acids is 1. The fourth-order valence-electron chi connectivity index (χ4n) is 1.31. The fourth-order valence-corrected chi connectivity index (χ4v) is 1.31. The Bertz CT molecular complexity index is 160. The molecule has 64 valence electrons. The monoisotopic (exact) mass is 159 g/mol. The third-order valence-electron chi connectivity index (χ3n) is 2.31. The van der Waals surface area contributed by atoms with Crippen molar-refractivity contribution in [2.75, 3.05) is 13.1 Å². The number of nitrogens with zero attached hydrogens (tertiary/aromatic N) is 1. The minimum absolute atomic E-state index is 0.0143. The predicted molar refractivity (Wildman–Crippen MR) is 40.9 cm³/mol. The largest absolute Gasteiger partial charge is 0.340 e. The van der Waals surface area contributed by atoms with Gasteiger partial charge in [0.15, 0.2) is 0 Å². The van der Waals surface area contributed by atoms with E-state index in [0.717, 1.165) is 13.0 Å². The molecule has 0 bridgehead atoms. The Hall–Kier alpha value is -0.600. The first kappa shape index (κ1) is 8.50. The van der Waals surface area contributed by atoms with E-state index in [1.807, 2.05) is 6.92 Å². The molecule has 0 aliphatic carbocycles. The van der Waals surface area contributed by atoms with Gasteiger partial charge in [0.25, 0.3) is 0 Å². The topological polar surface area (TPSA) is 20.3 Å². The molecule has 11 heavy (non-hydrogen) atoms. The van der Waals surface area contributed by atoms with Gasteiger partial charge in [-0.25, -0.2) is 4.39 Å². The Balaban J connectivity index is 2.46. The van der Waals surface area contributed by atoms with Crippen LogP contribution in [-0.2, 0) is 4.79 Å². The van der Waals surface area contributed by atoms with Crippen LogP contribution in [0.4, 0.5) is 4.39 Å². The van der Waals surface area contributed by atoms with Gasteiger partial charge in [0.2, 0.25) is 5.91 Å². The number of piperidine rings is 1. The highest BCUT2D eigenvalue weighted by molar-refractivity contribution is 5.73. The van der Waals surface area contributed by atoms with Crippen LogP contribution < -0.4 is 0 Å². The van der Waals surface area contributed by atoms with Crippen LogP contribution in [0.1, 0.15) is 20.3 Å². The SMILES string of the molecule is CC(=O)N1CC[C@@H](C)[C@@H](F)C1. The van der Waals surface area contributed by atoms with Crippen LogP contribution in [0.3, 0.4) is 0 Å². The molecule has 2 nitrogen and oxygen atoms in total. The van der Waals surface area contributed by atoms with Crippen LogP contribution in [0.5, 0.6) is 0 Å². The summed E-state index contributed by atoms with van der Waals surface area (Å²) in [5.74, 6) is 0.102. The third kappa shape index (κ3) is 1.91. The average Bonchev–Trinajstić information content (AvgIpc) is 1.94. The van der Waals surface area contributed by atoms with Crippen molar-refractivity contribution >= 4 is 5.91 Å². The molecule has 0 aromatic heterocycles. The van der Waals surface area contributed by atoms with Crippen molar-refractivity contribution in [2.24, 2.45) is 5.92 Å². The van der Waals surface area contributed by atoms with E-state index in [-0.39, 0.29) is 18.4 Å². The summed E-state index contributed by atoms with van der Waals surface area (Å²) in [7, 11) is 0. The first-order chi connectivity index (χ1) is 5.11. The number of alkyl halides is 1. The number of hydrogen-bond donors (Lipinski definition) is 0. The lowest BCUT2D eigenvalue weighted by Gasteiger charge is -2.32. The highest BCUT2D eigenvalue weighted by Crippen LogP contribution is 2.19. The Morgan fingerprint density at radius 2 is 2.27 bits per heavy atom. The lowest BCUT2D eigenvalue weighted by Crippen LogP contribution is -2.43. The minimum Gasteiger partial charge on any atom is -0.340 e. The molecule has 2 atom stereocenters. The summed E-state index contributed by atoms with van der Waals surface area (Å²) < 4.78 is 13.0. The normalized spacial score (nSPS) is 32.1. The second kappa shape index (κ2) is 3.20. The molecule has 1 fully saturated rings. The summed E-state index contributed by atoms with van der Waals surface area (Å²) in [4.78, 5) is 12.4. The van der Waals surface area contributed by atoms with Gasteiger partial charge in [-0.2, -0.15) is 0 Å². The van der Waals surface area contributed by atoms with Crippen molar-refractivity contribution in [3.05, 3.63) is 0 Å². The quantitative estimate of drug-likeness (QED) is 0.520. The van der Waals surface area contributed by atoms with E-state index in [9.17, 15) is 9.18 Å². The van der Waals surface area contributed by atoms with Crippen LogP contribution in [-0.4, -0.2) is 30.1 Å². The first-order valence-corrected chi connectivity index (χ1v) is 4.01. The predicted octanol–water partition coefficient (Wildman–Crippen LogP) is 1.21.